The molecule has 0 fully saturated rings. The van der Waals surface area contributed by atoms with Crippen LogP contribution in [0.4, 0.5) is 0 Å². The van der Waals surface area contributed by atoms with Gasteiger partial charge in [-0.2, -0.15) is 10.5 Å². The molecule has 0 atom stereocenters. The molecule has 0 bridgehead atoms. The van der Waals surface area contributed by atoms with Crippen molar-refractivity contribution in [2.75, 3.05) is 0 Å². The van der Waals surface area contributed by atoms with Gasteiger partial charge in [-0.1, -0.05) is 18.2 Å². The summed E-state index contributed by atoms with van der Waals surface area (Å²) in [4.78, 5) is 0. The van der Waals surface area contributed by atoms with Crippen LogP contribution in [0.15, 0.2) is 60.7 Å². The maximum absolute atomic E-state index is 9.25. The Hall–Kier alpha value is -3.56. The van der Waals surface area contributed by atoms with Gasteiger partial charge in [-0.05, 0) is 55.0 Å². The first kappa shape index (κ1) is 14.1. The minimum Gasteiger partial charge on any atom is -0.309 e. The molecule has 0 radical (unpaired) electrons. The summed E-state index contributed by atoms with van der Waals surface area (Å²) in [6.07, 6.45) is 0. The number of nitrogens with zero attached hydrogens (tertiary/aromatic N) is 3. The second-order valence-electron chi connectivity index (χ2n) is 5.86. The van der Waals surface area contributed by atoms with Gasteiger partial charge in [0.1, 0.15) is 0 Å². The van der Waals surface area contributed by atoms with Gasteiger partial charge in [0.25, 0.3) is 0 Å². The average molecular weight is 307 g/mol. The fourth-order valence-electron chi connectivity index (χ4n) is 3.16. The van der Waals surface area contributed by atoms with Crippen LogP contribution in [0.2, 0.25) is 0 Å². The first-order valence-corrected chi connectivity index (χ1v) is 7.67. The average Bonchev–Trinajstić information content (AvgIpc) is 2.94. The molecule has 0 saturated heterocycles. The topological polar surface area (TPSA) is 52.5 Å². The van der Waals surface area contributed by atoms with E-state index >= 15 is 0 Å². The van der Waals surface area contributed by atoms with Gasteiger partial charge in [0, 0.05) is 16.5 Å². The van der Waals surface area contributed by atoms with Crippen molar-refractivity contribution < 1.29 is 0 Å². The molecule has 1 heterocycles. The Kier molecular flexibility index (Phi) is 3.08. The molecule has 0 saturated carbocycles. The molecule has 0 N–H and O–H groups in total. The highest BCUT2D eigenvalue weighted by Crippen LogP contribution is 2.33. The van der Waals surface area contributed by atoms with Gasteiger partial charge in [0.15, 0.2) is 0 Å². The molecule has 4 aromatic rings. The number of hydrogen-bond donors (Lipinski definition) is 0. The normalized spacial score (nSPS) is 10.6. The van der Waals surface area contributed by atoms with Gasteiger partial charge in [-0.15, -0.1) is 0 Å². The zero-order chi connectivity index (χ0) is 16.7. The third-order valence-electron chi connectivity index (χ3n) is 4.31. The lowest BCUT2D eigenvalue weighted by Crippen LogP contribution is -1.94. The molecule has 1 aromatic heterocycles. The lowest BCUT2D eigenvalue weighted by molar-refractivity contribution is 1.17. The number of fused-ring (bicyclic) bond motifs is 3. The minimum absolute atomic E-state index is 0.633. The lowest BCUT2D eigenvalue weighted by Gasteiger charge is -2.08. The van der Waals surface area contributed by atoms with Crippen molar-refractivity contribution in [1.29, 1.82) is 10.5 Å². The van der Waals surface area contributed by atoms with Crippen LogP contribution in [-0.2, 0) is 0 Å². The molecule has 4 rings (SSSR count). The summed E-state index contributed by atoms with van der Waals surface area (Å²) in [6, 6.07) is 24.0. The van der Waals surface area contributed by atoms with E-state index < -0.39 is 0 Å². The fourth-order valence-corrected chi connectivity index (χ4v) is 3.16. The smallest absolute Gasteiger partial charge is 0.0992 e. The highest BCUT2D eigenvalue weighted by molar-refractivity contribution is 6.09. The van der Waals surface area contributed by atoms with E-state index in [2.05, 4.69) is 41.8 Å². The molecular weight excluding hydrogens is 294 g/mol. The zero-order valence-corrected chi connectivity index (χ0v) is 13.1. The summed E-state index contributed by atoms with van der Waals surface area (Å²) >= 11 is 0. The first-order valence-electron chi connectivity index (χ1n) is 7.67. The predicted molar refractivity (Wildman–Crippen MR) is 94.9 cm³/mol. The van der Waals surface area contributed by atoms with Crippen molar-refractivity contribution in [2.24, 2.45) is 0 Å². The zero-order valence-electron chi connectivity index (χ0n) is 13.1. The fraction of sp³-hybridized carbons (Fsp3) is 0.0476. The summed E-state index contributed by atoms with van der Waals surface area (Å²) in [5.41, 5.74) is 5.53. The molecule has 24 heavy (non-hydrogen) atoms. The third-order valence-corrected chi connectivity index (χ3v) is 4.31. The summed E-state index contributed by atoms with van der Waals surface area (Å²) in [5, 5.41) is 20.5. The number of aromatic nitrogens is 1. The highest BCUT2D eigenvalue weighted by Gasteiger charge is 2.13. The quantitative estimate of drug-likeness (QED) is 0.505. The first-order chi connectivity index (χ1) is 11.7. The Balaban J connectivity index is 2.15. The summed E-state index contributed by atoms with van der Waals surface area (Å²) in [6.45, 7) is 2.07. The highest BCUT2D eigenvalue weighted by atomic mass is 15.0. The Morgan fingerprint density at radius 1 is 0.708 bits per heavy atom. The van der Waals surface area contributed by atoms with Crippen molar-refractivity contribution in [3.05, 3.63) is 77.4 Å². The van der Waals surface area contributed by atoms with Crippen LogP contribution in [0, 0.1) is 29.6 Å². The maximum Gasteiger partial charge on any atom is 0.0992 e. The van der Waals surface area contributed by atoms with Crippen molar-refractivity contribution in [3.8, 4) is 17.8 Å². The van der Waals surface area contributed by atoms with Crippen LogP contribution in [0.3, 0.4) is 0 Å². The molecule has 0 aliphatic rings. The van der Waals surface area contributed by atoms with E-state index in [1.807, 2.05) is 42.5 Å². The van der Waals surface area contributed by atoms with Crippen LogP contribution in [0.1, 0.15) is 16.7 Å². The van der Waals surface area contributed by atoms with E-state index in [0.717, 1.165) is 27.5 Å². The third kappa shape index (κ3) is 2.04. The molecule has 0 aliphatic heterocycles. The second-order valence-corrected chi connectivity index (χ2v) is 5.86. The number of nitriles is 2. The second kappa shape index (κ2) is 5.26. The monoisotopic (exact) mass is 307 g/mol. The Morgan fingerprint density at radius 3 is 1.96 bits per heavy atom. The SMILES string of the molecule is Cc1ccc2c3ccc(C#N)cc3n(-c3ccc(C#N)cc3)c2c1. The summed E-state index contributed by atoms with van der Waals surface area (Å²) in [7, 11) is 0. The van der Waals surface area contributed by atoms with E-state index in [1.54, 1.807) is 0 Å². The molecule has 112 valence electrons. The van der Waals surface area contributed by atoms with Crippen molar-refractivity contribution in [3.63, 3.8) is 0 Å². The van der Waals surface area contributed by atoms with Gasteiger partial charge < -0.3 is 4.57 Å². The van der Waals surface area contributed by atoms with Gasteiger partial charge in [0.2, 0.25) is 0 Å². The molecule has 3 nitrogen and oxygen atoms in total. The molecule has 0 unspecified atom stereocenters. The van der Waals surface area contributed by atoms with Gasteiger partial charge in [0.05, 0.1) is 34.3 Å². The van der Waals surface area contributed by atoms with E-state index in [-0.39, 0.29) is 0 Å². The maximum atomic E-state index is 9.25. The molecule has 3 aromatic carbocycles. The van der Waals surface area contributed by atoms with Crippen LogP contribution in [0.25, 0.3) is 27.5 Å². The Bertz CT molecular complexity index is 1170. The molecule has 0 spiro atoms. The molecule has 3 heteroatoms. The van der Waals surface area contributed by atoms with E-state index in [4.69, 9.17) is 5.26 Å². The number of benzene rings is 3. The van der Waals surface area contributed by atoms with Gasteiger partial charge in [-0.3, -0.25) is 0 Å². The van der Waals surface area contributed by atoms with Crippen LogP contribution in [-0.4, -0.2) is 4.57 Å². The van der Waals surface area contributed by atoms with Crippen LogP contribution in [0.5, 0.6) is 0 Å². The molecule has 0 amide bonds. The van der Waals surface area contributed by atoms with Crippen molar-refractivity contribution >= 4 is 21.8 Å². The Morgan fingerprint density at radius 2 is 1.29 bits per heavy atom. The van der Waals surface area contributed by atoms with Crippen LogP contribution < -0.4 is 0 Å². The number of hydrogen-bond acceptors (Lipinski definition) is 2. The van der Waals surface area contributed by atoms with Crippen molar-refractivity contribution in [2.45, 2.75) is 6.92 Å². The van der Waals surface area contributed by atoms with E-state index in [9.17, 15) is 5.26 Å². The lowest BCUT2D eigenvalue weighted by atomic mass is 10.1. The number of aryl methyl sites for hydroxylation is 1. The van der Waals surface area contributed by atoms with Crippen LogP contribution >= 0.6 is 0 Å². The van der Waals surface area contributed by atoms with Crippen molar-refractivity contribution in [1.82, 2.24) is 4.57 Å². The molecule has 0 aliphatic carbocycles. The predicted octanol–water partition coefficient (Wildman–Crippen LogP) is 4.84. The summed E-state index contributed by atoms with van der Waals surface area (Å²) in [5.74, 6) is 0. The Labute approximate surface area is 139 Å². The van der Waals surface area contributed by atoms with E-state index in [1.165, 1.54) is 5.56 Å². The largest absolute Gasteiger partial charge is 0.309 e. The standard InChI is InChI=1S/C21H13N3/c1-14-2-8-18-19-9-5-16(13-23)11-21(19)24(20(18)10-14)17-6-3-15(12-22)4-7-17/h2-11H,1H3. The van der Waals surface area contributed by atoms with Gasteiger partial charge >= 0.3 is 0 Å². The van der Waals surface area contributed by atoms with Gasteiger partial charge in [-0.25, -0.2) is 0 Å². The minimum atomic E-state index is 0.633. The molecular formula is C21H13N3. The van der Waals surface area contributed by atoms with E-state index in [0.29, 0.717) is 11.1 Å². The summed E-state index contributed by atoms with van der Waals surface area (Å²) < 4.78 is 2.15. The number of rotatable bonds is 1.